The van der Waals surface area contributed by atoms with Gasteiger partial charge in [0, 0.05) is 24.7 Å². The number of hydrogen-bond acceptors (Lipinski definition) is 4. The second-order valence-corrected chi connectivity index (χ2v) is 10.5. The number of rotatable bonds is 4. The van der Waals surface area contributed by atoms with Crippen molar-refractivity contribution in [3.8, 4) is 0 Å². The van der Waals surface area contributed by atoms with Crippen molar-refractivity contribution in [3.05, 3.63) is 29.3 Å². The maximum atomic E-state index is 13.1. The maximum absolute atomic E-state index is 13.1. The number of carbonyl (C=O) groups is 1. The fourth-order valence-electron chi connectivity index (χ4n) is 4.84. The summed E-state index contributed by atoms with van der Waals surface area (Å²) in [4.78, 5) is 18.1. The molecule has 2 heterocycles. The number of fused-ring (bicyclic) bond motifs is 1. The third-order valence-electron chi connectivity index (χ3n) is 6.39. The van der Waals surface area contributed by atoms with Crippen LogP contribution in [0.25, 0.3) is 0 Å². The van der Waals surface area contributed by atoms with Crippen molar-refractivity contribution < 1.29 is 13.2 Å². The van der Waals surface area contributed by atoms with Crippen LogP contribution < -0.4 is 0 Å². The summed E-state index contributed by atoms with van der Waals surface area (Å²) in [5, 5.41) is 0.220. The summed E-state index contributed by atoms with van der Waals surface area (Å²) in [5.41, 5.74) is 1.23. The number of nitrogens with zero attached hydrogens (tertiary/aromatic N) is 2. The SMILES string of the molecule is O=C(C1CC[C@H]2CCCCC2=N1)[C@H]1CCCN(S(=O)(=O)c2ccccc2Cl)C1. The number of Topliss-reactive ketones (excluding diaryl/α,β-unsaturated/α-hetero) is 1. The van der Waals surface area contributed by atoms with Gasteiger partial charge in [-0.25, -0.2) is 8.42 Å². The Labute approximate surface area is 172 Å². The smallest absolute Gasteiger partial charge is 0.244 e. The van der Waals surface area contributed by atoms with Gasteiger partial charge in [0.2, 0.25) is 10.0 Å². The molecule has 1 unspecified atom stereocenters. The monoisotopic (exact) mass is 422 g/mol. The minimum absolute atomic E-state index is 0.118. The largest absolute Gasteiger partial charge is 0.297 e. The highest BCUT2D eigenvalue weighted by Crippen LogP contribution is 2.34. The molecule has 0 amide bonds. The molecule has 2 fully saturated rings. The van der Waals surface area contributed by atoms with Gasteiger partial charge in [-0.15, -0.1) is 0 Å². The summed E-state index contributed by atoms with van der Waals surface area (Å²) in [6.07, 6.45) is 7.93. The lowest BCUT2D eigenvalue weighted by atomic mass is 9.79. The summed E-state index contributed by atoms with van der Waals surface area (Å²) in [6.45, 7) is 0.662. The fourth-order valence-corrected chi connectivity index (χ4v) is 6.85. The Morgan fingerprint density at radius 2 is 1.89 bits per heavy atom. The molecule has 0 N–H and O–H groups in total. The van der Waals surface area contributed by atoms with Gasteiger partial charge in [-0.1, -0.05) is 30.2 Å². The topological polar surface area (TPSA) is 66.8 Å². The quantitative estimate of drug-likeness (QED) is 0.733. The van der Waals surface area contributed by atoms with Crippen LogP contribution in [0.1, 0.15) is 51.4 Å². The van der Waals surface area contributed by atoms with Crippen LogP contribution in [0.4, 0.5) is 0 Å². The average molecular weight is 423 g/mol. The predicted octanol–water partition coefficient (Wildman–Crippen LogP) is 4.10. The zero-order valence-corrected chi connectivity index (χ0v) is 17.6. The number of carbonyl (C=O) groups excluding carboxylic acids is 1. The van der Waals surface area contributed by atoms with E-state index in [9.17, 15) is 13.2 Å². The third-order valence-corrected chi connectivity index (χ3v) is 8.75. The first-order chi connectivity index (χ1) is 13.5. The van der Waals surface area contributed by atoms with Crippen LogP contribution in [0.3, 0.4) is 0 Å². The Balaban J connectivity index is 1.49. The fraction of sp³-hybridized carbons (Fsp3) is 0.619. The van der Waals surface area contributed by atoms with Gasteiger partial charge in [0.15, 0.2) is 5.78 Å². The van der Waals surface area contributed by atoms with Gasteiger partial charge in [-0.05, 0) is 63.0 Å². The molecule has 152 valence electrons. The van der Waals surface area contributed by atoms with Crippen molar-refractivity contribution in [2.45, 2.75) is 62.3 Å². The van der Waals surface area contributed by atoms with Crippen LogP contribution >= 0.6 is 11.6 Å². The van der Waals surface area contributed by atoms with Crippen molar-refractivity contribution in [1.82, 2.24) is 4.31 Å². The molecule has 0 radical (unpaired) electrons. The second kappa shape index (κ2) is 8.25. The second-order valence-electron chi connectivity index (χ2n) is 8.19. The van der Waals surface area contributed by atoms with Crippen molar-refractivity contribution in [1.29, 1.82) is 0 Å². The molecule has 28 heavy (non-hydrogen) atoms. The molecule has 2 aliphatic heterocycles. The number of sulfonamides is 1. The number of aliphatic imine (C=N–C) groups is 1. The van der Waals surface area contributed by atoms with Gasteiger partial charge in [-0.3, -0.25) is 9.79 Å². The summed E-state index contributed by atoms with van der Waals surface area (Å²) >= 11 is 6.12. The van der Waals surface area contributed by atoms with Crippen LogP contribution in [0.5, 0.6) is 0 Å². The van der Waals surface area contributed by atoms with Crippen molar-refractivity contribution in [2.75, 3.05) is 13.1 Å². The lowest BCUT2D eigenvalue weighted by molar-refractivity contribution is -0.125. The van der Waals surface area contributed by atoms with E-state index in [4.69, 9.17) is 16.6 Å². The molecule has 1 aliphatic carbocycles. The molecule has 5 nitrogen and oxygen atoms in total. The van der Waals surface area contributed by atoms with Crippen LogP contribution in [-0.4, -0.2) is 43.3 Å². The van der Waals surface area contributed by atoms with E-state index >= 15 is 0 Å². The lowest BCUT2D eigenvalue weighted by Crippen LogP contribution is -2.45. The van der Waals surface area contributed by atoms with Crippen LogP contribution in [0.15, 0.2) is 34.2 Å². The highest BCUT2D eigenvalue weighted by molar-refractivity contribution is 7.89. The van der Waals surface area contributed by atoms with Gasteiger partial charge >= 0.3 is 0 Å². The molecule has 0 aromatic heterocycles. The van der Waals surface area contributed by atoms with E-state index in [0.717, 1.165) is 25.7 Å². The molecular formula is C21H27ClN2O3S. The molecule has 3 aliphatic rings. The summed E-state index contributed by atoms with van der Waals surface area (Å²) < 4.78 is 27.5. The first kappa shape index (κ1) is 20.0. The van der Waals surface area contributed by atoms with E-state index in [0.29, 0.717) is 18.9 Å². The molecule has 0 bridgehead atoms. The summed E-state index contributed by atoms with van der Waals surface area (Å²) in [6, 6.07) is 6.21. The van der Waals surface area contributed by atoms with E-state index in [1.165, 1.54) is 35.3 Å². The van der Waals surface area contributed by atoms with E-state index in [1.54, 1.807) is 18.2 Å². The molecule has 7 heteroatoms. The molecule has 0 spiro atoms. The zero-order chi connectivity index (χ0) is 19.7. The summed E-state index contributed by atoms with van der Waals surface area (Å²) in [5.74, 6) is 0.414. The van der Waals surface area contributed by atoms with Crippen LogP contribution in [-0.2, 0) is 14.8 Å². The van der Waals surface area contributed by atoms with Crippen LogP contribution in [0.2, 0.25) is 5.02 Å². The van der Waals surface area contributed by atoms with Crippen molar-refractivity contribution in [3.63, 3.8) is 0 Å². The van der Waals surface area contributed by atoms with Crippen molar-refractivity contribution >= 4 is 33.1 Å². The van der Waals surface area contributed by atoms with Gasteiger partial charge in [-0.2, -0.15) is 4.31 Å². The lowest BCUT2D eigenvalue weighted by Gasteiger charge is -2.35. The Morgan fingerprint density at radius 1 is 1.07 bits per heavy atom. The molecule has 1 aromatic carbocycles. The summed E-state index contributed by atoms with van der Waals surface area (Å²) in [7, 11) is -3.70. The first-order valence-electron chi connectivity index (χ1n) is 10.3. The highest BCUT2D eigenvalue weighted by atomic mass is 35.5. The Kier molecular flexibility index (Phi) is 5.91. The predicted molar refractivity (Wildman–Crippen MR) is 110 cm³/mol. The standard InChI is InChI=1S/C21H27ClN2O3S/c22-17-8-2-4-10-20(17)28(26,27)24-13-5-7-16(14-24)21(25)19-12-11-15-6-1-3-9-18(15)23-19/h2,4,8,10,15-16,19H,1,3,5-7,9,11-14H2/t15-,16+,19?/m1/s1. The van der Waals surface area contributed by atoms with E-state index in [-0.39, 0.29) is 34.2 Å². The number of hydrogen-bond donors (Lipinski definition) is 0. The van der Waals surface area contributed by atoms with Crippen molar-refractivity contribution in [2.24, 2.45) is 16.8 Å². The van der Waals surface area contributed by atoms with Gasteiger partial charge in [0.05, 0.1) is 5.02 Å². The molecule has 3 atom stereocenters. The van der Waals surface area contributed by atoms with E-state index in [2.05, 4.69) is 0 Å². The van der Waals surface area contributed by atoms with Gasteiger partial charge < -0.3 is 0 Å². The Hall–Kier alpha value is -1.24. The number of benzene rings is 1. The highest BCUT2D eigenvalue weighted by Gasteiger charge is 2.38. The zero-order valence-electron chi connectivity index (χ0n) is 16.0. The maximum Gasteiger partial charge on any atom is 0.244 e. The van der Waals surface area contributed by atoms with E-state index < -0.39 is 10.0 Å². The Morgan fingerprint density at radius 3 is 2.71 bits per heavy atom. The van der Waals surface area contributed by atoms with Gasteiger partial charge in [0.25, 0.3) is 0 Å². The molecule has 1 aromatic rings. The third kappa shape index (κ3) is 3.91. The average Bonchev–Trinajstić information content (AvgIpc) is 2.73. The van der Waals surface area contributed by atoms with Gasteiger partial charge in [0.1, 0.15) is 10.9 Å². The molecule has 1 saturated carbocycles. The van der Waals surface area contributed by atoms with E-state index in [1.807, 2.05) is 0 Å². The number of halogens is 1. The molecule has 4 rings (SSSR count). The number of piperidine rings is 1. The molecule has 1 saturated heterocycles. The molecular weight excluding hydrogens is 396 g/mol. The normalized spacial score (nSPS) is 29.0. The Bertz CT molecular complexity index is 883. The minimum Gasteiger partial charge on any atom is -0.297 e. The first-order valence-corrected chi connectivity index (χ1v) is 12.1. The minimum atomic E-state index is -3.70. The number of ketones is 1. The van der Waals surface area contributed by atoms with Crippen LogP contribution in [0, 0.1) is 11.8 Å².